The third-order valence-corrected chi connectivity index (χ3v) is 3.34. The number of esters is 1. The van der Waals surface area contributed by atoms with Crippen LogP contribution in [0, 0.1) is 5.92 Å². The summed E-state index contributed by atoms with van der Waals surface area (Å²) >= 11 is 0. The number of rotatable bonds is 1. The number of carbonyl (C=O) groups is 1. The molecule has 0 amide bonds. The van der Waals surface area contributed by atoms with E-state index >= 15 is 0 Å². The van der Waals surface area contributed by atoms with Gasteiger partial charge >= 0.3 is 5.97 Å². The standard InChI is InChI=1S/C11H19NO2/c1-8-6-11(14-9(2)13)10-4-3-5-12(10)7-8/h8,10-11H,3-7H2,1-2H3/t8?,10?,11-/m0/s1. The van der Waals surface area contributed by atoms with Gasteiger partial charge in [0.1, 0.15) is 6.10 Å². The lowest BCUT2D eigenvalue weighted by Crippen LogP contribution is -2.48. The van der Waals surface area contributed by atoms with Crippen LogP contribution in [0.15, 0.2) is 0 Å². The summed E-state index contributed by atoms with van der Waals surface area (Å²) in [5, 5.41) is 0. The molecule has 2 unspecified atom stereocenters. The van der Waals surface area contributed by atoms with E-state index in [2.05, 4.69) is 11.8 Å². The first kappa shape index (κ1) is 9.97. The fourth-order valence-electron chi connectivity index (χ4n) is 2.87. The van der Waals surface area contributed by atoms with E-state index in [-0.39, 0.29) is 12.1 Å². The molecule has 0 aromatic rings. The molecular formula is C11H19NO2. The molecule has 3 heteroatoms. The second kappa shape index (κ2) is 3.89. The zero-order chi connectivity index (χ0) is 10.1. The van der Waals surface area contributed by atoms with Crippen LogP contribution in [-0.2, 0) is 9.53 Å². The van der Waals surface area contributed by atoms with Crippen LogP contribution in [0.3, 0.4) is 0 Å². The van der Waals surface area contributed by atoms with Crippen LogP contribution >= 0.6 is 0 Å². The number of carbonyl (C=O) groups excluding carboxylic acids is 1. The maximum absolute atomic E-state index is 11.0. The fraction of sp³-hybridized carbons (Fsp3) is 0.909. The van der Waals surface area contributed by atoms with Crippen molar-refractivity contribution in [3.63, 3.8) is 0 Å². The lowest BCUT2D eigenvalue weighted by atomic mass is 9.92. The van der Waals surface area contributed by atoms with Gasteiger partial charge in [-0.05, 0) is 31.7 Å². The van der Waals surface area contributed by atoms with E-state index in [9.17, 15) is 4.79 Å². The Morgan fingerprint density at radius 1 is 1.50 bits per heavy atom. The number of ether oxygens (including phenoxy) is 1. The normalized spacial score (nSPS) is 38.0. The highest BCUT2D eigenvalue weighted by Crippen LogP contribution is 2.31. The number of nitrogens with zero attached hydrogens (tertiary/aromatic N) is 1. The van der Waals surface area contributed by atoms with Crippen molar-refractivity contribution in [1.82, 2.24) is 4.90 Å². The average molecular weight is 197 g/mol. The van der Waals surface area contributed by atoms with Crippen molar-refractivity contribution >= 4 is 5.97 Å². The second-order valence-electron chi connectivity index (χ2n) is 4.69. The van der Waals surface area contributed by atoms with Crippen molar-refractivity contribution in [2.75, 3.05) is 13.1 Å². The van der Waals surface area contributed by atoms with Gasteiger partial charge in [0.05, 0.1) is 0 Å². The van der Waals surface area contributed by atoms with Crippen LogP contribution in [-0.4, -0.2) is 36.1 Å². The molecule has 0 spiro atoms. The molecule has 3 atom stereocenters. The molecule has 2 rings (SSSR count). The zero-order valence-corrected chi connectivity index (χ0v) is 9.03. The highest BCUT2D eigenvalue weighted by molar-refractivity contribution is 5.66. The van der Waals surface area contributed by atoms with E-state index in [0.717, 1.165) is 6.42 Å². The lowest BCUT2D eigenvalue weighted by Gasteiger charge is -2.39. The van der Waals surface area contributed by atoms with Crippen molar-refractivity contribution in [2.45, 2.75) is 45.3 Å². The van der Waals surface area contributed by atoms with Crippen molar-refractivity contribution < 1.29 is 9.53 Å². The Morgan fingerprint density at radius 3 is 3.00 bits per heavy atom. The predicted molar refractivity (Wildman–Crippen MR) is 53.9 cm³/mol. The van der Waals surface area contributed by atoms with Crippen LogP contribution in [0.5, 0.6) is 0 Å². The number of hydrogen-bond acceptors (Lipinski definition) is 3. The Labute approximate surface area is 85.4 Å². The third kappa shape index (κ3) is 1.92. The van der Waals surface area contributed by atoms with Gasteiger partial charge < -0.3 is 4.74 Å². The molecule has 2 aliphatic rings. The van der Waals surface area contributed by atoms with Gasteiger partial charge in [-0.2, -0.15) is 0 Å². The molecule has 0 aromatic heterocycles. The second-order valence-corrected chi connectivity index (χ2v) is 4.69. The minimum absolute atomic E-state index is 0.129. The van der Waals surface area contributed by atoms with Crippen LogP contribution in [0.4, 0.5) is 0 Å². The minimum Gasteiger partial charge on any atom is -0.461 e. The molecular weight excluding hydrogens is 178 g/mol. The predicted octanol–water partition coefficient (Wildman–Crippen LogP) is 1.42. The average Bonchev–Trinajstić information content (AvgIpc) is 2.50. The third-order valence-electron chi connectivity index (χ3n) is 3.34. The molecule has 0 aromatic carbocycles. The maximum Gasteiger partial charge on any atom is 0.302 e. The SMILES string of the molecule is CC(=O)O[C@H]1CC(C)CN2CCCC12. The molecule has 0 radical (unpaired) electrons. The Kier molecular flexibility index (Phi) is 2.77. The minimum atomic E-state index is -0.129. The summed E-state index contributed by atoms with van der Waals surface area (Å²) in [5.41, 5.74) is 0. The quantitative estimate of drug-likeness (QED) is 0.595. The van der Waals surface area contributed by atoms with Crippen molar-refractivity contribution in [2.24, 2.45) is 5.92 Å². The summed E-state index contributed by atoms with van der Waals surface area (Å²) in [6.07, 6.45) is 3.65. The van der Waals surface area contributed by atoms with E-state index in [1.807, 2.05) is 0 Å². The zero-order valence-electron chi connectivity index (χ0n) is 9.03. The molecule has 0 N–H and O–H groups in total. The van der Waals surface area contributed by atoms with E-state index in [1.165, 1.54) is 32.9 Å². The van der Waals surface area contributed by atoms with Crippen LogP contribution < -0.4 is 0 Å². The molecule has 2 fully saturated rings. The molecule has 2 heterocycles. The van der Waals surface area contributed by atoms with Gasteiger partial charge in [-0.25, -0.2) is 0 Å². The summed E-state index contributed by atoms with van der Waals surface area (Å²) in [4.78, 5) is 13.5. The molecule has 3 nitrogen and oxygen atoms in total. The lowest BCUT2D eigenvalue weighted by molar-refractivity contribution is -0.152. The van der Waals surface area contributed by atoms with Crippen molar-refractivity contribution in [3.05, 3.63) is 0 Å². The maximum atomic E-state index is 11.0. The Hall–Kier alpha value is -0.570. The summed E-state index contributed by atoms with van der Waals surface area (Å²) in [6, 6.07) is 0.509. The summed E-state index contributed by atoms with van der Waals surface area (Å²) < 4.78 is 5.39. The van der Waals surface area contributed by atoms with Crippen LogP contribution in [0.25, 0.3) is 0 Å². The highest BCUT2D eigenvalue weighted by Gasteiger charge is 2.38. The summed E-state index contributed by atoms with van der Waals surface area (Å²) in [7, 11) is 0. The van der Waals surface area contributed by atoms with Gasteiger partial charge in [0, 0.05) is 19.5 Å². The van der Waals surface area contributed by atoms with E-state index < -0.39 is 0 Å². The molecule has 0 bridgehead atoms. The number of hydrogen-bond donors (Lipinski definition) is 0. The van der Waals surface area contributed by atoms with E-state index in [1.54, 1.807) is 0 Å². The first-order chi connectivity index (χ1) is 6.66. The summed E-state index contributed by atoms with van der Waals surface area (Å²) in [5.74, 6) is 0.532. The Balaban J connectivity index is 2.02. The molecule has 2 aliphatic heterocycles. The molecule has 80 valence electrons. The first-order valence-corrected chi connectivity index (χ1v) is 5.58. The molecule has 0 saturated carbocycles. The number of piperidine rings is 1. The summed E-state index contributed by atoms with van der Waals surface area (Å²) in [6.45, 7) is 6.12. The highest BCUT2D eigenvalue weighted by atomic mass is 16.5. The molecule has 0 aliphatic carbocycles. The first-order valence-electron chi connectivity index (χ1n) is 5.58. The van der Waals surface area contributed by atoms with Gasteiger partial charge in [0.2, 0.25) is 0 Å². The van der Waals surface area contributed by atoms with Gasteiger partial charge in [0.25, 0.3) is 0 Å². The largest absolute Gasteiger partial charge is 0.461 e. The van der Waals surface area contributed by atoms with Crippen LogP contribution in [0.1, 0.15) is 33.1 Å². The topological polar surface area (TPSA) is 29.5 Å². The van der Waals surface area contributed by atoms with Gasteiger partial charge in [0.15, 0.2) is 0 Å². The van der Waals surface area contributed by atoms with Gasteiger partial charge in [-0.1, -0.05) is 6.92 Å². The van der Waals surface area contributed by atoms with E-state index in [4.69, 9.17) is 4.74 Å². The Bertz CT molecular complexity index is 229. The van der Waals surface area contributed by atoms with Crippen molar-refractivity contribution in [1.29, 1.82) is 0 Å². The van der Waals surface area contributed by atoms with Gasteiger partial charge in [-0.15, -0.1) is 0 Å². The molecule has 2 saturated heterocycles. The number of fused-ring (bicyclic) bond motifs is 1. The monoisotopic (exact) mass is 197 g/mol. The van der Waals surface area contributed by atoms with Crippen LogP contribution in [0.2, 0.25) is 0 Å². The molecule has 14 heavy (non-hydrogen) atoms. The fourth-order valence-corrected chi connectivity index (χ4v) is 2.87. The smallest absolute Gasteiger partial charge is 0.302 e. The van der Waals surface area contributed by atoms with E-state index in [0.29, 0.717) is 12.0 Å². The van der Waals surface area contributed by atoms with Crippen molar-refractivity contribution in [3.8, 4) is 0 Å². The Morgan fingerprint density at radius 2 is 2.29 bits per heavy atom. The van der Waals surface area contributed by atoms with Gasteiger partial charge in [-0.3, -0.25) is 9.69 Å².